The summed E-state index contributed by atoms with van der Waals surface area (Å²) in [7, 11) is 0. The largest absolute Gasteiger partial charge is 0.310 e. The molecule has 0 aliphatic carbocycles. The summed E-state index contributed by atoms with van der Waals surface area (Å²) in [4.78, 5) is 0. The second-order valence-electron chi connectivity index (χ2n) is 2.79. The number of aromatic amines is 1. The molecule has 0 atom stereocenters. The number of halogens is 3. The molecule has 1 aromatic carbocycles. The summed E-state index contributed by atoms with van der Waals surface area (Å²) in [6.07, 6.45) is -2.63. The van der Waals surface area contributed by atoms with Gasteiger partial charge in [0.05, 0.1) is 5.69 Å². The lowest BCUT2D eigenvalue weighted by atomic mass is 10.1. The molecule has 0 aliphatic heterocycles. The SMILES string of the molecule is Fc1cc(C(F)F)ccc1-c1cs[nH]1. The minimum absolute atomic E-state index is 0.293. The van der Waals surface area contributed by atoms with Gasteiger partial charge < -0.3 is 4.37 Å². The van der Waals surface area contributed by atoms with Gasteiger partial charge >= 0.3 is 0 Å². The fourth-order valence-electron chi connectivity index (χ4n) is 1.12. The van der Waals surface area contributed by atoms with E-state index in [2.05, 4.69) is 4.37 Å². The van der Waals surface area contributed by atoms with Gasteiger partial charge in [0, 0.05) is 16.5 Å². The van der Waals surface area contributed by atoms with Crippen molar-refractivity contribution in [1.29, 1.82) is 0 Å². The third-order valence-electron chi connectivity index (χ3n) is 1.88. The van der Waals surface area contributed by atoms with Crippen LogP contribution < -0.4 is 0 Å². The van der Waals surface area contributed by atoms with Crippen LogP contribution in [0.15, 0.2) is 23.6 Å². The van der Waals surface area contributed by atoms with E-state index in [1.54, 1.807) is 5.38 Å². The molecule has 5 heteroatoms. The Morgan fingerprint density at radius 2 is 2.00 bits per heavy atom. The van der Waals surface area contributed by atoms with Crippen molar-refractivity contribution in [3.63, 3.8) is 0 Å². The van der Waals surface area contributed by atoms with Crippen molar-refractivity contribution in [3.05, 3.63) is 35.0 Å². The zero-order valence-corrected chi connectivity index (χ0v) is 7.75. The van der Waals surface area contributed by atoms with Crippen LogP contribution >= 0.6 is 11.5 Å². The number of nitrogens with one attached hydrogen (secondary N) is 1. The molecule has 14 heavy (non-hydrogen) atoms. The summed E-state index contributed by atoms with van der Waals surface area (Å²) < 4.78 is 40.4. The van der Waals surface area contributed by atoms with E-state index in [1.165, 1.54) is 23.7 Å². The Bertz CT molecular complexity index is 424. The van der Waals surface area contributed by atoms with Crippen molar-refractivity contribution < 1.29 is 13.2 Å². The van der Waals surface area contributed by atoms with Gasteiger partial charge in [-0.2, -0.15) is 0 Å². The van der Waals surface area contributed by atoms with Crippen molar-refractivity contribution in [2.75, 3.05) is 0 Å². The molecule has 1 heterocycles. The van der Waals surface area contributed by atoms with Crippen LogP contribution in [0.25, 0.3) is 11.3 Å². The van der Waals surface area contributed by atoms with Gasteiger partial charge in [-0.25, -0.2) is 13.2 Å². The van der Waals surface area contributed by atoms with E-state index in [-0.39, 0.29) is 5.56 Å². The van der Waals surface area contributed by atoms with Gasteiger partial charge in [0.1, 0.15) is 5.82 Å². The summed E-state index contributed by atoms with van der Waals surface area (Å²) in [5, 5.41) is 1.72. The summed E-state index contributed by atoms with van der Waals surface area (Å²) in [6.45, 7) is 0. The molecule has 1 aromatic heterocycles. The summed E-state index contributed by atoms with van der Waals surface area (Å²) in [5.41, 5.74) is 0.667. The highest BCUT2D eigenvalue weighted by Crippen LogP contribution is 2.28. The van der Waals surface area contributed by atoms with Crippen LogP contribution in [0.4, 0.5) is 13.2 Å². The first-order chi connectivity index (χ1) is 6.68. The van der Waals surface area contributed by atoms with E-state index in [4.69, 9.17) is 0 Å². The van der Waals surface area contributed by atoms with Crippen molar-refractivity contribution in [2.45, 2.75) is 6.43 Å². The number of aromatic nitrogens is 1. The summed E-state index contributed by atoms with van der Waals surface area (Å²) in [6, 6.07) is 3.45. The van der Waals surface area contributed by atoms with Crippen molar-refractivity contribution in [2.24, 2.45) is 0 Å². The van der Waals surface area contributed by atoms with Crippen LogP contribution in [0.5, 0.6) is 0 Å². The van der Waals surface area contributed by atoms with Gasteiger partial charge in [0.2, 0.25) is 0 Å². The first-order valence-electron chi connectivity index (χ1n) is 3.88. The van der Waals surface area contributed by atoms with Crippen LogP contribution in [0, 0.1) is 5.82 Å². The quantitative estimate of drug-likeness (QED) is 0.787. The fourth-order valence-corrected chi connectivity index (χ4v) is 1.59. The van der Waals surface area contributed by atoms with E-state index in [0.29, 0.717) is 11.3 Å². The molecule has 0 aliphatic rings. The van der Waals surface area contributed by atoms with Crippen molar-refractivity contribution in [3.8, 4) is 11.3 Å². The Labute approximate surface area is 82.3 Å². The van der Waals surface area contributed by atoms with Gasteiger partial charge in [-0.15, -0.1) is 0 Å². The summed E-state index contributed by atoms with van der Waals surface area (Å²) in [5.74, 6) is -0.623. The summed E-state index contributed by atoms with van der Waals surface area (Å²) >= 11 is 1.33. The molecule has 0 spiro atoms. The average Bonchev–Trinajstić information content (AvgIpc) is 2.04. The lowest BCUT2D eigenvalue weighted by molar-refractivity contribution is 0.151. The number of alkyl halides is 2. The molecule has 0 bridgehead atoms. The van der Waals surface area contributed by atoms with E-state index in [9.17, 15) is 13.2 Å². The average molecular weight is 217 g/mol. The van der Waals surface area contributed by atoms with Gasteiger partial charge in [-0.3, -0.25) is 0 Å². The second-order valence-corrected chi connectivity index (χ2v) is 3.47. The number of rotatable bonds is 2. The molecule has 0 amide bonds. The molecular formula is C9H6F3NS. The zero-order valence-electron chi connectivity index (χ0n) is 6.93. The zero-order chi connectivity index (χ0) is 10.1. The molecule has 1 N–H and O–H groups in total. The van der Waals surface area contributed by atoms with Crippen molar-refractivity contribution >= 4 is 11.5 Å². The van der Waals surface area contributed by atoms with E-state index in [1.807, 2.05) is 0 Å². The fraction of sp³-hybridized carbons (Fsp3) is 0.111. The molecule has 2 aromatic rings. The van der Waals surface area contributed by atoms with Gasteiger partial charge in [0.15, 0.2) is 0 Å². The van der Waals surface area contributed by atoms with Crippen LogP contribution in [-0.4, -0.2) is 4.37 Å². The minimum atomic E-state index is -2.63. The molecule has 1 nitrogen and oxygen atoms in total. The Morgan fingerprint density at radius 1 is 1.29 bits per heavy atom. The monoisotopic (exact) mass is 217 g/mol. The molecule has 74 valence electrons. The van der Waals surface area contributed by atoms with Crippen LogP contribution in [0.2, 0.25) is 0 Å². The highest BCUT2D eigenvalue weighted by Gasteiger charge is 2.12. The van der Waals surface area contributed by atoms with Gasteiger partial charge in [-0.1, -0.05) is 17.6 Å². The maximum atomic E-state index is 13.3. The standard InChI is InChI=1S/C9H6F3NS/c10-7-3-5(9(11)12)1-2-6(7)8-4-14-13-8/h1-4,9,13H. The molecule has 0 unspecified atom stereocenters. The maximum Gasteiger partial charge on any atom is 0.263 e. The molecule has 0 radical (unpaired) electrons. The highest BCUT2D eigenvalue weighted by molar-refractivity contribution is 7.05. The lowest BCUT2D eigenvalue weighted by Crippen LogP contribution is -1.91. The van der Waals surface area contributed by atoms with Crippen LogP contribution in [-0.2, 0) is 0 Å². The van der Waals surface area contributed by atoms with E-state index >= 15 is 0 Å². The second kappa shape index (κ2) is 3.49. The molecule has 0 fully saturated rings. The number of hydrogen-bond donors (Lipinski definition) is 1. The first kappa shape index (κ1) is 9.33. The minimum Gasteiger partial charge on any atom is -0.310 e. The first-order valence-corrected chi connectivity index (χ1v) is 4.76. The predicted molar refractivity (Wildman–Crippen MR) is 49.0 cm³/mol. The molecule has 2 rings (SSSR count). The third kappa shape index (κ3) is 1.55. The van der Waals surface area contributed by atoms with E-state index in [0.717, 1.165) is 6.07 Å². The topological polar surface area (TPSA) is 15.8 Å². The van der Waals surface area contributed by atoms with Gasteiger partial charge in [-0.05, 0) is 12.1 Å². The molecule has 0 saturated heterocycles. The van der Waals surface area contributed by atoms with E-state index < -0.39 is 12.2 Å². The third-order valence-corrected chi connectivity index (χ3v) is 2.57. The van der Waals surface area contributed by atoms with Crippen molar-refractivity contribution in [1.82, 2.24) is 4.37 Å². The number of hydrogen-bond acceptors (Lipinski definition) is 1. The Hall–Kier alpha value is -1.23. The molecule has 0 saturated carbocycles. The lowest BCUT2D eigenvalue weighted by Gasteiger charge is -2.06. The number of benzene rings is 1. The highest BCUT2D eigenvalue weighted by atomic mass is 32.1. The Balaban J connectivity index is 2.40. The van der Waals surface area contributed by atoms with Crippen LogP contribution in [0.3, 0.4) is 0 Å². The Kier molecular flexibility index (Phi) is 2.33. The predicted octanol–water partition coefficient (Wildman–Crippen LogP) is 3.82. The normalized spacial score (nSPS) is 11.1. The Morgan fingerprint density at radius 3 is 2.43 bits per heavy atom. The smallest absolute Gasteiger partial charge is 0.263 e. The van der Waals surface area contributed by atoms with Gasteiger partial charge in [0.25, 0.3) is 6.43 Å². The van der Waals surface area contributed by atoms with Crippen LogP contribution in [0.1, 0.15) is 12.0 Å². The number of H-pyrrole nitrogens is 1. The maximum absolute atomic E-state index is 13.3. The molecular weight excluding hydrogens is 211 g/mol.